The first kappa shape index (κ1) is 15.2. The molecule has 6 heteroatoms. The summed E-state index contributed by atoms with van der Waals surface area (Å²) in [4.78, 5) is 15.8. The summed E-state index contributed by atoms with van der Waals surface area (Å²) in [5, 5.41) is 9.31. The Labute approximate surface area is 125 Å². The normalized spacial score (nSPS) is 11.0. The monoisotopic (exact) mass is 307 g/mol. The average molecular weight is 307 g/mol. The van der Waals surface area contributed by atoms with Crippen molar-refractivity contribution in [2.45, 2.75) is 20.5 Å². The van der Waals surface area contributed by atoms with E-state index in [4.69, 9.17) is 9.84 Å². The van der Waals surface area contributed by atoms with Gasteiger partial charge in [0.15, 0.2) is 11.6 Å². The molecule has 0 atom stereocenters. The van der Waals surface area contributed by atoms with Gasteiger partial charge in [0.25, 0.3) is 0 Å². The second-order valence-electron chi connectivity index (χ2n) is 4.40. The summed E-state index contributed by atoms with van der Waals surface area (Å²) in [5.41, 5.74) is 1.41. The van der Waals surface area contributed by atoms with E-state index in [2.05, 4.69) is 4.98 Å². The molecule has 2 rings (SSSR count). The molecule has 4 nitrogen and oxygen atoms in total. The molecule has 0 saturated heterocycles. The molecule has 0 aliphatic rings. The molecule has 0 aliphatic carbocycles. The van der Waals surface area contributed by atoms with Gasteiger partial charge in [0.1, 0.15) is 11.6 Å². The maximum Gasteiger partial charge on any atom is 0.328 e. The molecular weight excluding hydrogens is 293 g/mol. The maximum absolute atomic E-state index is 13.8. The standard InChI is InChI=1S/C15H14FNO3S/c1-9-10(2)21-14(17-9)8-20-13-5-3-11(7-12(13)16)4-6-15(18)19/h3-7H,8H2,1-2H3,(H,18,19)/b6-4+. The molecule has 110 valence electrons. The third-order valence-corrected chi connectivity index (χ3v) is 3.84. The van der Waals surface area contributed by atoms with Gasteiger partial charge >= 0.3 is 5.97 Å². The Balaban J connectivity index is 2.05. The summed E-state index contributed by atoms with van der Waals surface area (Å²) in [7, 11) is 0. The first-order chi connectivity index (χ1) is 9.95. The molecular formula is C15H14FNO3S. The molecule has 0 amide bonds. The van der Waals surface area contributed by atoms with Gasteiger partial charge in [-0.25, -0.2) is 14.2 Å². The third kappa shape index (κ3) is 4.13. The molecule has 1 aromatic carbocycles. The maximum atomic E-state index is 13.8. The van der Waals surface area contributed by atoms with E-state index in [1.807, 2.05) is 13.8 Å². The van der Waals surface area contributed by atoms with Gasteiger partial charge in [0.05, 0.1) is 5.69 Å². The summed E-state index contributed by atoms with van der Waals surface area (Å²) in [6.45, 7) is 4.10. The van der Waals surface area contributed by atoms with E-state index in [1.165, 1.54) is 29.5 Å². The summed E-state index contributed by atoms with van der Waals surface area (Å²) < 4.78 is 19.2. The van der Waals surface area contributed by atoms with E-state index in [1.54, 1.807) is 6.07 Å². The van der Waals surface area contributed by atoms with Gasteiger partial charge in [0, 0.05) is 11.0 Å². The van der Waals surface area contributed by atoms with Gasteiger partial charge in [-0.1, -0.05) is 6.07 Å². The number of carboxylic acid groups (broad SMARTS) is 1. The van der Waals surface area contributed by atoms with E-state index in [9.17, 15) is 9.18 Å². The predicted octanol–water partition coefficient (Wildman–Crippen LogP) is 3.58. The molecule has 1 N–H and O–H groups in total. The van der Waals surface area contributed by atoms with Crippen LogP contribution in [-0.4, -0.2) is 16.1 Å². The topological polar surface area (TPSA) is 59.4 Å². The van der Waals surface area contributed by atoms with Gasteiger partial charge in [-0.05, 0) is 37.6 Å². The smallest absolute Gasteiger partial charge is 0.328 e. The number of hydrogen-bond acceptors (Lipinski definition) is 4. The minimum atomic E-state index is -1.08. The highest BCUT2D eigenvalue weighted by molar-refractivity contribution is 7.11. The molecule has 0 unspecified atom stereocenters. The number of thiazole rings is 1. The predicted molar refractivity (Wildman–Crippen MR) is 79.0 cm³/mol. The fraction of sp³-hybridized carbons (Fsp3) is 0.200. The number of carboxylic acids is 1. The number of ether oxygens (including phenoxy) is 1. The Hall–Kier alpha value is -2.21. The van der Waals surface area contributed by atoms with Gasteiger partial charge in [-0.2, -0.15) is 0 Å². The lowest BCUT2D eigenvalue weighted by Gasteiger charge is -2.06. The number of halogens is 1. The van der Waals surface area contributed by atoms with Crippen molar-refractivity contribution in [3.63, 3.8) is 0 Å². The number of hydrogen-bond donors (Lipinski definition) is 1. The molecule has 0 radical (unpaired) electrons. The highest BCUT2D eigenvalue weighted by Crippen LogP contribution is 2.22. The number of carbonyl (C=O) groups is 1. The van der Waals surface area contributed by atoms with Crippen LogP contribution >= 0.6 is 11.3 Å². The highest BCUT2D eigenvalue weighted by Gasteiger charge is 2.07. The largest absolute Gasteiger partial charge is 0.483 e. The van der Waals surface area contributed by atoms with E-state index in [0.29, 0.717) is 5.56 Å². The van der Waals surface area contributed by atoms with E-state index in [-0.39, 0.29) is 12.4 Å². The molecule has 0 fully saturated rings. The summed E-state index contributed by atoms with van der Waals surface area (Å²) in [5.74, 6) is -1.49. The van der Waals surface area contributed by atoms with Gasteiger partial charge in [-0.3, -0.25) is 0 Å². The number of rotatable bonds is 5. The minimum Gasteiger partial charge on any atom is -0.483 e. The quantitative estimate of drug-likeness (QED) is 0.858. The van der Waals surface area contributed by atoms with E-state index in [0.717, 1.165) is 21.7 Å². The number of aryl methyl sites for hydroxylation is 2. The average Bonchev–Trinajstić information content (AvgIpc) is 2.74. The van der Waals surface area contributed by atoms with Crippen molar-refractivity contribution in [1.29, 1.82) is 0 Å². The molecule has 0 bridgehead atoms. The third-order valence-electron chi connectivity index (χ3n) is 2.80. The second-order valence-corrected chi connectivity index (χ2v) is 5.69. The van der Waals surface area contributed by atoms with Crippen molar-refractivity contribution < 1.29 is 19.0 Å². The first-order valence-corrected chi connectivity index (χ1v) is 7.03. The number of benzene rings is 1. The van der Waals surface area contributed by atoms with Crippen LogP contribution in [-0.2, 0) is 11.4 Å². The van der Waals surface area contributed by atoms with Crippen molar-refractivity contribution in [1.82, 2.24) is 4.98 Å². The SMILES string of the molecule is Cc1nc(COc2ccc(/C=C/C(=O)O)cc2F)sc1C. The van der Waals surface area contributed by atoms with Crippen LogP contribution in [0.4, 0.5) is 4.39 Å². The van der Waals surface area contributed by atoms with Crippen LogP contribution in [0, 0.1) is 19.7 Å². The lowest BCUT2D eigenvalue weighted by molar-refractivity contribution is -0.131. The first-order valence-electron chi connectivity index (χ1n) is 6.22. The van der Waals surface area contributed by atoms with Crippen molar-refractivity contribution in [2.75, 3.05) is 0 Å². The molecule has 2 aromatic rings. The Morgan fingerprint density at radius 1 is 1.48 bits per heavy atom. The Morgan fingerprint density at radius 2 is 2.24 bits per heavy atom. The summed E-state index contributed by atoms with van der Waals surface area (Å²) >= 11 is 1.52. The fourth-order valence-corrected chi connectivity index (χ4v) is 2.49. The number of nitrogens with zero attached hydrogens (tertiary/aromatic N) is 1. The van der Waals surface area contributed by atoms with Crippen LogP contribution in [0.2, 0.25) is 0 Å². The lowest BCUT2D eigenvalue weighted by Crippen LogP contribution is -1.97. The zero-order chi connectivity index (χ0) is 15.4. The molecule has 0 spiro atoms. The van der Waals surface area contributed by atoms with Crippen LogP contribution in [0.1, 0.15) is 21.1 Å². The summed E-state index contributed by atoms with van der Waals surface area (Å²) in [6.07, 6.45) is 2.28. The Bertz CT molecular complexity index is 675. The molecule has 1 aromatic heterocycles. The lowest BCUT2D eigenvalue weighted by atomic mass is 10.2. The Kier molecular flexibility index (Phi) is 4.70. The fourth-order valence-electron chi connectivity index (χ4n) is 1.65. The second kappa shape index (κ2) is 6.49. The molecule has 0 aliphatic heterocycles. The van der Waals surface area contributed by atoms with Crippen LogP contribution in [0.25, 0.3) is 6.08 Å². The van der Waals surface area contributed by atoms with Crippen molar-refractivity contribution >= 4 is 23.4 Å². The molecule has 0 saturated carbocycles. The number of aliphatic carboxylic acids is 1. The number of aromatic nitrogens is 1. The Morgan fingerprint density at radius 3 is 2.81 bits per heavy atom. The van der Waals surface area contributed by atoms with Gasteiger partial charge < -0.3 is 9.84 Å². The minimum absolute atomic E-state index is 0.119. The van der Waals surface area contributed by atoms with Crippen molar-refractivity contribution in [3.05, 3.63) is 51.2 Å². The van der Waals surface area contributed by atoms with Crippen LogP contribution in [0.3, 0.4) is 0 Å². The van der Waals surface area contributed by atoms with Gasteiger partial charge in [-0.15, -0.1) is 11.3 Å². The van der Waals surface area contributed by atoms with Crippen molar-refractivity contribution in [2.24, 2.45) is 0 Å². The molecule has 1 heterocycles. The summed E-state index contributed by atoms with van der Waals surface area (Å²) in [6, 6.07) is 4.30. The van der Waals surface area contributed by atoms with E-state index < -0.39 is 11.8 Å². The van der Waals surface area contributed by atoms with E-state index >= 15 is 0 Å². The molecule has 21 heavy (non-hydrogen) atoms. The van der Waals surface area contributed by atoms with Crippen LogP contribution < -0.4 is 4.74 Å². The van der Waals surface area contributed by atoms with Crippen molar-refractivity contribution in [3.8, 4) is 5.75 Å². The zero-order valence-corrected chi connectivity index (χ0v) is 12.4. The zero-order valence-electron chi connectivity index (χ0n) is 11.6. The van der Waals surface area contributed by atoms with Crippen LogP contribution in [0.15, 0.2) is 24.3 Å². The van der Waals surface area contributed by atoms with Crippen LogP contribution in [0.5, 0.6) is 5.75 Å². The highest BCUT2D eigenvalue weighted by atomic mass is 32.1. The van der Waals surface area contributed by atoms with Gasteiger partial charge in [0.2, 0.25) is 0 Å².